The zero-order valence-corrected chi connectivity index (χ0v) is 11.8. The van der Waals surface area contributed by atoms with Crippen molar-refractivity contribution in [1.29, 1.82) is 5.26 Å². The molecule has 98 valence electrons. The molecule has 0 bridgehead atoms. The van der Waals surface area contributed by atoms with Crippen LogP contribution in [0.5, 0.6) is 0 Å². The average Bonchev–Trinajstić information content (AvgIpc) is 2.23. The minimum absolute atomic E-state index is 0.181. The fraction of sp³-hybridized carbons (Fsp3) is 0.909. The monoisotopic (exact) mass is 259 g/mol. The predicted octanol–water partition coefficient (Wildman–Crippen LogP) is 0.644. The van der Waals surface area contributed by atoms with Crippen molar-refractivity contribution in [3.63, 3.8) is 0 Å². The maximum Gasteiger partial charge on any atom is 0.230 e. The maximum atomic E-state index is 12.2. The van der Waals surface area contributed by atoms with E-state index in [1.165, 1.54) is 4.31 Å². The molecule has 0 aromatic carbocycles. The summed E-state index contributed by atoms with van der Waals surface area (Å²) in [6.07, 6.45) is 0.339. The highest BCUT2D eigenvalue weighted by Crippen LogP contribution is 2.23. The summed E-state index contributed by atoms with van der Waals surface area (Å²) in [5, 5.41) is 7.99. The molecule has 0 aromatic rings. The second-order valence-corrected chi connectivity index (χ2v) is 7.25. The third-order valence-corrected chi connectivity index (χ3v) is 5.70. The van der Waals surface area contributed by atoms with E-state index in [1.54, 1.807) is 6.92 Å². The van der Waals surface area contributed by atoms with E-state index in [2.05, 4.69) is 4.90 Å². The van der Waals surface area contributed by atoms with Gasteiger partial charge in [-0.25, -0.2) is 8.42 Å². The van der Waals surface area contributed by atoms with Gasteiger partial charge in [-0.15, -0.1) is 0 Å². The van der Waals surface area contributed by atoms with E-state index in [0.29, 0.717) is 26.1 Å². The third-order valence-electron chi connectivity index (χ3n) is 3.52. The average molecular weight is 259 g/mol. The maximum absolute atomic E-state index is 12.2. The lowest BCUT2D eigenvalue weighted by Crippen LogP contribution is -2.59. The highest BCUT2D eigenvalue weighted by atomic mass is 32.2. The van der Waals surface area contributed by atoms with Gasteiger partial charge in [0.1, 0.15) is 0 Å². The van der Waals surface area contributed by atoms with Crippen LogP contribution in [0.15, 0.2) is 0 Å². The number of nitrogens with zero attached hydrogens (tertiary/aromatic N) is 3. The number of likely N-dealkylation sites (N-methyl/N-ethyl adjacent to an activating group) is 1. The Labute approximate surface area is 104 Å². The van der Waals surface area contributed by atoms with Gasteiger partial charge in [-0.2, -0.15) is 9.57 Å². The summed E-state index contributed by atoms with van der Waals surface area (Å²) in [6, 6.07) is 1.88. The van der Waals surface area contributed by atoms with Gasteiger partial charge >= 0.3 is 0 Å². The molecule has 1 unspecified atom stereocenters. The standard InChI is InChI=1S/C11H21N3O2S/c1-5-10(8-12)17(15,16)14-7-6-13(4)11(2,3)9-14/h10H,5-7,9H2,1-4H3. The molecule has 1 aliphatic rings. The van der Waals surface area contributed by atoms with Crippen molar-refractivity contribution in [2.24, 2.45) is 0 Å². The van der Waals surface area contributed by atoms with E-state index >= 15 is 0 Å². The van der Waals surface area contributed by atoms with Gasteiger partial charge in [0.15, 0.2) is 5.25 Å². The Kier molecular flexibility index (Phi) is 4.18. The molecule has 0 aliphatic carbocycles. The van der Waals surface area contributed by atoms with E-state index < -0.39 is 15.3 Å². The van der Waals surface area contributed by atoms with Crippen LogP contribution in [0.25, 0.3) is 0 Å². The Bertz CT molecular complexity index is 411. The molecule has 0 spiro atoms. The summed E-state index contributed by atoms with van der Waals surface area (Å²) < 4.78 is 25.9. The van der Waals surface area contributed by atoms with Crippen molar-refractivity contribution < 1.29 is 8.42 Å². The first-order valence-corrected chi connectivity index (χ1v) is 7.36. The fourth-order valence-electron chi connectivity index (χ4n) is 1.96. The molecule has 1 heterocycles. The van der Waals surface area contributed by atoms with Crippen LogP contribution in [0.3, 0.4) is 0 Å². The molecule has 0 saturated carbocycles. The van der Waals surface area contributed by atoms with Crippen LogP contribution < -0.4 is 0 Å². The van der Waals surface area contributed by atoms with Crippen LogP contribution in [0, 0.1) is 11.3 Å². The van der Waals surface area contributed by atoms with Crippen LogP contribution in [-0.4, -0.2) is 55.1 Å². The quantitative estimate of drug-likeness (QED) is 0.746. The molecule has 6 heteroatoms. The molecule has 1 aliphatic heterocycles. The minimum atomic E-state index is -3.47. The number of hydrogen-bond donors (Lipinski definition) is 0. The van der Waals surface area contributed by atoms with Crippen molar-refractivity contribution in [3.8, 4) is 6.07 Å². The Hall–Kier alpha value is -0.640. The van der Waals surface area contributed by atoms with Crippen molar-refractivity contribution in [3.05, 3.63) is 0 Å². The van der Waals surface area contributed by atoms with E-state index in [9.17, 15) is 8.42 Å². The molecule has 0 N–H and O–H groups in total. The van der Waals surface area contributed by atoms with Gasteiger partial charge in [0, 0.05) is 25.2 Å². The van der Waals surface area contributed by atoms with Gasteiger partial charge in [0.2, 0.25) is 10.0 Å². The summed E-state index contributed by atoms with van der Waals surface area (Å²) >= 11 is 0. The Balaban J connectivity index is 2.92. The minimum Gasteiger partial charge on any atom is -0.299 e. The van der Waals surface area contributed by atoms with Crippen molar-refractivity contribution in [1.82, 2.24) is 9.21 Å². The number of sulfonamides is 1. The lowest BCUT2D eigenvalue weighted by atomic mass is 10.0. The summed E-state index contributed by atoms with van der Waals surface area (Å²) in [7, 11) is -1.48. The van der Waals surface area contributed by atoms with Crippen LogP contribution >= 0.6 is 0 Å². The van der Waals surface area contributed by atoms with Crippen LogP contribution in [0.2, 0.25) is 0 Å². The van der Waals surface area contributed by atoms with Gasteiger partial charge in [-0.05, 0) is 27.3 Å². The second-order valence-electron chi connectivity index (χ2n) is 5.14. The molecule has 17 heavy (non-hydrogen) atoms. The Morgan fingerprint density at radius 2 is 2.00 bits per heavy atom. The number of nitriles is 1. The molecule has 1 rings (SSSR count). The molecule has 1 atom stereocenters. The van der Waals surface area contributed by atoms with E-state index in [4.69, 9.17) is 5.26 Å². The van der Waals surface area contributed by atoms with Gasteiger partial charge in [0.25, 0.3) is 0 Å². The highest BCUT2D eigenvalue weighted by Gasteiger charge is 2.39. The molecule has 0 radical (unpaired) electrons. The zero-order valence-electron chi connectivity index (χ0n) is 11.0. The Morgan fingerprint density at radius 1 is 1.41 bits per heavy atom. The van der Waals surface area contributed by atoms with Gasteiger partial charge in [0.05, 0.1) is 6.07 Å². The first kappa shape index (κ1) is 14.4. The van der Waals surface area contributed by atoms with E-state index in [-0.39, 0.29) is 5.54 Å². The molecular weight excluding hydrogens is 238 g/mol. The smallest absolute Gasteiger partial charge is 0.230 e. The SMILES string of the molecule is CCC(C#N)S(=O)(=O)N1CCN(C)C(C)(C)C1. The number of hydrogen-bond acceptors (Lipinski definition) is 4. The van der Waals surface area contributed by atoms with Crippen LogP contribution in [0.1, 0.15) is 27.2 Å². The second kappa shape index (κ2) is 4.92. The molecular formula is C11H21N3O2S. The van der Waals surface area contributed by atoms with E-state index in [0.717, 1.165) is 0 Å². The third kappa shape index (κ3) is 2.79. The summed E-state index contributed by atoms with van der Waals surface area (Å²) in [6.45, 7) is 7.38. The largest absolute Gasteiger partial charge is 0.299 e. The number of piperazine rings is 1. The summed E-state index contributed by atoms with van der Waals surface area (Å²) in [5.74, 6) is 0. The predicted molar refractivity (Wildman–Crippen MR) is 66.9 cm³/mol. The molecule has 0 amide bonds. The van der Waals surface area contributed by atoms with E-state index in [1.807, 2.05) is 27.0 Å². The Morgan fingerprint density at radius 3 is 2.41 bits per heavy atom. The zero-order chi connectivity index (χ0) is 13.3. The van der Waals surface area contributed by atoms with Crippen molar-refractivity contribution in [2.75, 3.05) is 26.7 Å². The van der Waals surface area contributed by atoms with Crippen LogP contribution in [0.4, 0.5) is 0 Å². The topological polar surface area (TPSA) is 64.4 Å². The fourth-order valence-corrected chi connectivity index (χ4v) is 3.71. The molecule has 5 nitrogen and oxygen atoms in total. The first-order valence-electron chi connectivity index (χ1n) is 5.85. The molecule has 1 fully saturated rings. The normalized spacial score (nSPS) is 24.2. The van der Waals surface area contributed by atoms with Crippen molar-refractivity contribution >= 4 is 10.0 Å². The lowest BCUT2D eigenvalue weighted by molar-refractivity contribution is 0.0799. The summed E-state index contributed by atoms with van der Waals surface area (Å²) in [4.78, 5) is 2.15. The molecule has 1 saturated heterocycles. The highest BCUT2D eigenvalue weighted by molar-refractivity contribution is 7.90. The van der Waals surface area contributed by atoms with Gasteiger partial charge in [-0.3, -0.25) is 4.90 Å². The van der Waals surface area contributed by atoms with Gasteiger partial charge < -0.3 is 0 Å². The van der Waals surface area contributed by atoms with Gasteiger partial charge in [-0.1, -0.05) is 6.92 Å². The van der Waals surface area contributed by atoms with Crippen LogP contribution in [-0.2, 0) is 10.0 Å². The first-order chi connectivity index (χ1) is 7.75. The summed E-state index contributed by atoms with van der Waals surface area (Å²) in [5.41, 5.74) is -0.181. The van der Waals surface area contributed by atoms with Crippen molar-refractivity contribution in [2.45, 2.75) is 38.0 Å². The lowest BCUT2D eigenvalue weighted by Gasteiger charge is -2.44. The molecule has 0 aromatic heterocycles. The number of rotatable bonds is 3.